The quantitative estimate of drug-likeness (QED) is 0.614. The molecule has 0 spiro atoms. The zero-order valence-electron chi connectivity index (χ0n) is 7.63. The molecule has 1 aliphatic rings. The first kappa shape index (κ1) is 9.32. The van der Waals surface area contributed by atoms with Gasteiger partial charge in [-0.25, -0.2) is 4.79 Å². The molecule has 12 heavy (non-hydrogen) atoms. The average molecular weight is 173 g/mol. The van der Waals surface area contributed by atoms with Crippen molar-refractivity contribution in [3.05, 3.63) is 0 Å². The van der Waals surface area contributed by atoms with E-state index in [1.807, 2.05) is 20.8 Å². The molecule has 0 aromatic carbocycles. The van der Waals surface area contributed by atoms with Crippen LogP contribution >= 0.6 is 0 Å². The van der Waals surface area contributed by atoms with E-state index in [0.717, 1.165) is 0 Å². The van der Waals surface area contributed by atoms with Crippen molar-refractivity contribution >= 4 is 6.09 Å². The van der Waals surface area contributed by atoms with E-state index in [1.54, 1.807) is 0 Å². The molecule has 0 aliphatic carbocycles. The summed E-state index contributed by atoms with van der Waals surface area (Å²) in [6, 6.07) is -0.102. The lowest BCUT2D eigenvalue weighted by Gasteiger charge is -2.28. The lowest BCUT2D eigenvalue weighted by atomic mass is 9.85. The van der Waals surface area contributed by atoms with Gasteiger partial charge >= 0.3 is 6.09 Å². The molecule has 0 aromatic heterocycles. The van der Waals surface area contributed by atoms with Crippen molar-refractivity contribution in [2.45, 2.75) is 32.9 Å². The van der Waals surface area contributed by atoms with Crippen LogP contribution < -0.4 is 5.32 Å². The standard InChI is InChI=1S/C8H15NO3/c1-8(2,3)6(5-4-12-5)9-7(10)11/h5-6,9H,4H2,1-3H3,(H,10,11)/t5-,6-/m1/s1. The highest BCUT2D eigenvalue weighted by atomic mass is 16.6. The van der Waals surface area contributed by atoms with Gasteiger partial charge in [0.05, 0.1) is 12.6 Å². The highest BCUT2D eigenvalue weighted by Gasteiger charge is 2.41. The number of amides is 1. The Labute approximate surface area is 71.9 Å². The van der Waals surface area contributed by atoms with E-state index in [4.69, 9.17) is 9.84 Å². The predicted molar refractivity (Wildman–Crippen MR) is 44.1 cm³/mol. The van der Waals surface area contributed by atoms with Crippen LogP contribution in [0.5, 0.6) is 0 Å². The first-order valence-electron chi connectivity index (χ1n) is 4.02. The van der Waals surface area contributed by atoms with E-state index >= 15 is 0 Å². The van der Waals surface area contributed by atoms with Gasteiger partial charge in [0.2, 0.25) is 0 Å². The summed E-state index contributed by atoms with van der Waals surface area (Å²) in [5.74, 6) is 0. The summed E-state index contributed by atoms with van der Waals surface area (Å²) in [7, 11) is 0. The molecule has 70 valence electrons. The monoisotopic (exact) mass is 173 g/mol. The topological polar surface area (TPSA) is 61.9 Å². The van der Waals surface area contributed by atoms with Crippen LogP contribution in [0.4, 0.5) is 4.79 Å². The molecule has 4 nitrogen and oxygen atoms in total. The number of hydrogen-bond donors (Lipinski definition) is 2. The fraction of sp³-hybridized carbons (Fsp3) is 0.875. The number of epoxide rings is 1. The van der Waals surface area contributed by atoms with Gasteiger partial charge in [0, 0.05) is 0 Å². The predicted octanol–water partition coefficient (Wildman–Crippen LogP) is 1.07. The highest BCUT2D eigenvalue weighted by molar-refractivity contribution is 5.65. The largest absolute Gasteiger partial charge is 0.465 e. The van der Waals surface area contributed by atoms with Crippen molar-refractivity contribution in [3.8, 4) is 0 Å². The second-order valence-electron chi connectivity index (χ2n) is 4.16. The summed E-state index contributed by atoms with van der Waals surface area (Å²) in [5, 5.41) is 11.0. The van der Waals surface area contributed by atoms with Gasteiger partial charge in [-0.3, -0.25) is 0 Å². The fourth-order valence-electron chi connectivity index (χ4n) is 1.25. The minimum atomic E-state index is -0.981. The Morgan fingerprint density at radius 1 is 1.67 bits per heavy atom. The van der Waals surface area contributed by atoms with E-state index in [1.165, 1.54) is 0 Å². The van der Waals surface area contributed by atoms with Gasteiger partial charge in [-0.1, -0.05) is 20.8 Å². The van der Waals surface area contributed by atoms with Crippen LogP contribution in [0.2, 0.25) is 0 Å². The number of carboxylic acid groups (broad SMARTS) is 1. The third-order valence-corrected chi connectivity index (χ3v) is 1.94. The summed E-state index contributed by atoms with van der Waals surface area (Å²) in [4.78, 5) is 10.4. The molecule has 0 bridgehead atoms. The van der Waals surface area contributed by atoms with E-state index in [2.05, 4.69) is 5.32 Å². The van der Waals surface area contributed by atoms with Crippen LogP contribution in [-0.4, -0.2) is 30.0 Å². The molecule has 2 N–H and O–H groups in total. The number of carbonyl (C=O) groups is 1. The maximum Gasteiger partial charge on any atom is 0.404 e. The van der Waals surface area contributed by atoms with Crippen molar-refractivity contribution in [1.29, 1.82) is 0 Å². The van der Waals surface area contributed by atoms with Gasteiger partial charge in [-0.15, -0.1) is 0 Å². The van der Waals surface area contributed by atoms with E-state index in [9.17, 15) is 4.79 Å². The highest BCUT2D eigenvalue weighted by Crippen LogP contribution is 2.29. The molecule has 1 saturated heterocycles. The van der Waals surface area contributed by atoms with Crippen molar-refractivity contribution in [2.75, 3.05) is 6.61 Å². The first-order chi connectivity index (χ1) is 5.41. The Morgan fingerprint density at radius 3 is 2.42 bits per heavy atom. The Balaban J connectivity index is 2.54. The molecule has 1 heterocycles. The van der Waals surface area contributed by atoms with Crippen LogP contribution in [0.1, 0.15) is 20.8 Å². The minimum Gasteiger partial charge on any atom is -0.465 e. The first-order valence-corrected chi connectivity index (χ1v) is 4.02. The third-order valence-electron chi connectivity index (χ3n) is 1.94. The Morgan fingerprint density at radius 2 is 2.17 bits per heavy atom. The van der Waals surface area contributed by atoms with E-state index in [0.29, 0.717) is 6.61 Å². The van der Waals surface area contributed by atoms with Crippen LogP contribution in [0.3, 0.4) is 0 Å². The van der Waals surface area contributed by atoms with Crippen LogP contribution in [0.25, 0.3) is 0 Å². The van der Waals surface area contributed by atoms with Crippen molar-refractivity contribution in [2.24, 2.45) is 5.41 Å². The van der Waals surface area contributed by atoms with Gasteiger partial charge < -0.3 is 15.2 Å². The summed E-state index contributed by atoms with van der Waals surface area (Å²) in [5.41, 5.74) is -0.0838. The maximum atomic E-state index is 10.4. The van der Waals surface area contributed by atoms with Crippen molar-refractivity contribution in [1.82, 2.24) is 5.32 Å². The molecule has 0 unspecified atom stereocenters. The summed E-state index contributed by atoms with van der Waals surface area (Å²) < 4.78 is 5.07. The number of hydrogen-bond acceptors (Lipinski definition) is 2. The van der Waals surface area contributed by atoms with E-state index in [-0.39, 0.29) is 17.6 Å². The molecular formula is C8H15NO3. The average Bonchev–Trinajstić information content (AvgIpc) is 2.60. The minimum absolute atomic E-state index is 0.0705. The second kappa shape index (κ2) is 2.94. The molecule has 0 radical (unpaired) electrons. The number of nitrogens with one attached hydrogen (secondary N) is 1. The van der Waals surface area contributed by atoms with Gasteiger partial charge in [-0.05, 0) is 5.41 Å². The Kier molecular flexibility index (Phi) is 2.28. The second-order valence-corrected chi connectivity index (χ2v) is 4.16. The van der Waals surface area contributed by atoms with Gasteiger partial charge in [0.15, 0.2) is 0 Å². The van der Waals surface area contributed by atoms with Crippen molar-refractivity contribution in [3.63, 3.8) is 0 Å². The van der Waals surface area contributed by atoms with Gasteiger partial charge in [0.25, 0.3) is 0 Å². The molecule has 1 amide bonds. The zero-order chi connectivity index (χ0) is 9.35. The SMILES string of the molecule is CC(C)(C)[C@H](NC(=O)O)[C@H]1CO1. The summed E-state index contributed by atoms with van der Waals surface area (Å²) in [6.45, 7) is 6.65. The smallest absolute Gasteiger partial charge is 0.404 e. The fourth-order valence-corrected chi connectivity index (χ4v) is 1.25. The Bertz CT molecular complexity index is 181. The normalized spacial score (nSPS) is 24.8. The summed E-state index contributed by atoms with van der Waals surface area (Å²) >= 11 is 0. The summed E-state index contributed by atoms with van der Waals surface area (Å²) in [6.07, 6.45) is -0.911. The third kappa shape index (κ3) is 2.37. The van der Waals surface area contributed by atoms with Gasteiger partial charge in [0.1, 0.15) is 6.10 Å². The molecule has 0 saturated carbocycles. The number of rotatable bonds is 2. The number of ether oxygens (including phenoxy) is 1. The molecule has 1 fully saturated rings. The molecule has 1 rings (SSSR count). The van der Waals surface area contributed by atoms with Crippen molar-refractivity contribution < 1.29 is 14.6 Å². The molecule has 1 aliphatic heterocycles. The zero-order valence-corrected chi connectivity index (χ0v) is 7.63. The lowest BCUT2D eigenvalue weighted by Crippen LogP contribution is -2.46. The van der Waals surface area contributed by atoms with Crippen LogP contribution in [-0.2, 0) is 4.74 Å². The van der Waals surface area contributed by atoms with E-state index < -0.39 is 6.09 Å². The maximum absolute atomic E-state index is 10.4. The van der Waals surface area contributed by atoms with Crippen LogP contribution in [0, 0.1) is 5.41 Å². The van der Waals surface area contributed by atoms with Gasteiger partial charge in [-0.2, -0.15) is 0 Å². The molecule has 4 heteroatoms. The van der Waals surface area contributed by atoms with Crippen LogP contribution in [0.15, 0.2) is 0 Å². The molecule has 0 aromatic rings. The molecular weight excluding hydrogens is 158 g/mol. The lowest BCUT2D eigenvalue weighted by molar-refractivity contribution is 0.162. The molecule has 2 atom stereocenters. The Hall–Kier alpha value is -0.770.